The number of anilines is 1. The minimum Gasteiger partial charge on any atom is -0.504 e. The predicted molar refractivity (Wildman–Crippen MR) is 97.1 cm³/mol. The van der Waals surface area contributed by atoms with E-state index in [1.165, 1.54) is 44.5 Å². The summed E-state index contributed by atoms with van der Waals surface area (Å²) >= 11 is 5.72. The third-order valence-electron chi connectivity index (χ3n) is 3.26. The Kier molecular flexibility index (Phi) is 6.57. The molecule has 0 unspecified atom stereocenters. The van der Waals surface area contributed by atoms with Crippen molar-refractivity contribution in [2.24, 2.45) is 0 Å². The summed E-state index contributed by atoms with van der Waals surface area (Å²) in [6.45, 7) is 1.45. The highest BCUT2D eigenvalue weighted by atomic mass is 35.5. The number of hydrogen-bond acceptors (Lipinski definition) is 6. The lowest BCUT2D eigenvalue weighted by atomic mass is 10.2. The second-order valence-corrected chi connectivity index (χ2v) is 5.63. The van der Waals surface area contributed by atoms with Crippen LogP contribution in [0.4, 0.5) is 5.82 Å². The molecule has 0 aliphatic heterocycles. The smallest absolute Gasteiger partial charge is 0.331 e. The van der Waals surface area contributed by atoms with Crippen molar-refractivity contribution in [2.75, 3.05) is 12.4 Å². The Labute approximate surface area is 155 Å². The number of aromatic hydroxyl groups is 1. The molecular formula is C18H17ClN2O5. The molecule has 0 bridgehead atoms. The quantitative estimate of drug-likeness (QED) is 0.594. The second-order valence-electron chi connectivity index (χ2n) is 5.19. The molecule has 1 heterocycles. The number of benzene rings is 1. The number of methoxy groups -OCH3 is 1. The number of phenolic OH excluding ortho intramolecular Hbond substituents is 1. The van der Waals surface area contributed by atoms with Gasteiger partial charge in [-0.25, -0.2) is 9.78 Å². The number of esters is 1. The largest absolute Gasteiger partial charge is 0.504 e. The zero-order chi connectivity index (χ0) is 19.1. The van der Waals surface area contributed by atoms with Crippen LogP contribution in [0.3, 0.4) is 0 Å². The van der Waals surface area contributed by atoms with Gasteiger partial charge >= 0.3 is 5.97 Å². The van der Waals surface area contributed by atoms with Crippen LogP contribution in [0.25, 0.3) is 6.08 Å². The van der Waals surface area contributed by atoms with E-state index in [9.17, 15) is 14.7 Å². The van der Waals surface area contributed by atoms with Crippen LogP contribution in [0.15, 0.2) is 42.6 Å². The van der Waals surface area contributed by atoms with E-state index in [0.717, 1.165) is 0 Å². The number of halogens is 1. The number of aromatic nitrogens is 1. The molecule has 0 saturated carbocycles. The number of carbonyl (C=O) groups excluding carboxylic acids is 2. The summed E-state index contributed by atoms with van der Waals surface area (Å²) in [6.07, 6.45) is 3.04. The molecule has 0 aliphatic rings. The normalized spacial score (nSPS) is 11.8. The lowest BCUT2D eigenvalue weighted by Gasteiger charge is -2.11. The van der Waals surface area contributed by atoms with Gasteiger partial charge in [-0.1, -0.05) is 17.7 Å². The van der Waals surface area contributed by atoms with Gasteiger partial charge in [0.15, 0.2) is 17.6 Å². The van der Waals surface area contributed by atoms with Crippen molar-refractivity contribution in [1.82, 2.24) is 4.98 Å². The van der Waals surface area contributed by atoms with Crippen molar-refractivity contribution in [2.45, 2.75) is 13.0 Å². The maximum atomic E-state index is 12.0. The van der Waals surface area contributed by atoms with Crippen LogP contribution in [0, 0.1) is 0 Å². The number of nitrogens with zero attached hydrogens (tertiary/aromatic N) is 1. The third-order valence-corrected chi connectivity index (χ3v) is 3.48. The Balaban J connectivity index is 1.91. The maximum absolute atomic E-state index is 12.0. The average Bonchev–Trinajstić information content (AvgIpc) is 2.62. The minimum atomic E-state index is -1.01. The van der Waals surface area contributed by atoms with Gasteiger partial charge in [0, 0.05) is 12.3 Å². The molecule has 7 nitrogen and oxygen atoms in total. The van der Waals surface area contributed by atoms with Crippen molar-refractivity contribution in [1.29, 1.82) is 0 Å². The number of amides is 1. The van der Waals surface area contributed by atoms with Crippen LogP contribution in [0.1, 0.15) is 12.5 Å². The lowest BCUT2D eigenvalue weighted by molar-refractivity contribution is -0.148. The van der Waals surface area contributed by atoms with Gasteiger partial charge in [-0.3, -0.25) is 4.79 Å². The standard InChI is InChI=1S/C18H17ClN2O5/c1-11(18(24)21-16-7-5-13(19)10-20-16)26-17(23)8-4-12-3-6-14(22)15(9-12)25-2/h3-11,22H,1-2H3,(H,20,21,24)/b8-4+/t11-/m0/s1. The Morgan fingerprint density at radius 3 is 2.73 bits per heavy atom. The van der Waals surface area contributed by atoms with Gasteiger partial charge in [0.2, 0.25) is 0 Å². The van der Waals surface area contributed by atoms with Gasteiger partial charge < -0.3 is 19.9 Å². The SMILES string of the molecule is COc1cc(/C=C/C(=O)O[C@@H](C)C(=O)Nc2ccc(Cl)cn2)ccc1O. The topological polar surface area (TPSA) is 97.8 Å². The number of pyridine rings is 1. The first kappa shape index (κ1) is 19.3. The first-order valence-electron chi connectivity index (χ1n) is 7.57. The highest BCUT2D eigenvalue weighted by molar-refractivity contribution is 6.30. The number of nitrogens with one attached hydrogen (secondary N) is 1. The molecule has 0 radical (unpaired) electrons. The summed E-state index contributed by atoms with van der Waals surface area (Å²) in [4.78, 5) is 27.8. The molecular weight excluding hydrogens is 360 g/mol. The zero-order valence-electron chi connectivity index (χ0n) is 14.1. The first-order valence-corrected chi connectivity index (χ1v) is 7.95. The molecule has 1 aromatic heterocycles. The van der Waals surface area contributed by atoms with E-state index < -0.39 is 18.0 Å². The van der Waals surface area contributed by atoms with Gasteiger partial charge in [-0.2, -0.15) is 0 Å². The molecule has 1 amide bonds. The minimum absolute atomic E-state index is 0.00618. The molecule has 0 saturated heterocycles. The number of hydrogen-bond donors (Lipinski definition) is 2. The summed E-state index contributed by atoms with van der Waals surface area (Å²) < 4.78 is 10.0. The molecule has 8 heteroatoms. The molecule has 0 spiro atoms. The fourth-order valence-corrected chi connectivity index (χ4v) is 2.02. The second kappa shape index (κ2) is 8.87. The van der Waals surface area contributed by atoms with E-state index in [2.05, 4.69) is 10.3 Å². The van der Waals surface area contributed by atoms with Crippen LogP contribution in [-0.2, 0) is 14.3 Å². The number of phenols is 1. The van der Waals surface area contributed by atoms with Crippen molar-refractivity contribution >= 4 is 35.4 Å². The summed E-state index contributed by atoms with van der Waals surface area (Å²) in [7, 11) is 1.42. The van der Waals surface area contributed by atoms with E-state index in [0.29, 0.717) is 16.4 Å². The van der Waals surface area contributed by atoms with E-state index >= 15 is 0 Å². The Bertz CT molecular complexity index is 821. The molecule has 2 N–H and O–H groups in total. The highest BCUT2D eigenvalue weighted by Gasteiger charge is 2.17. The van der Waals surface area contributed by atoms with Crippen molar-refractivity contribution in [3.63, 3.8) is 0 Å². The number of ether oxygens (including phenoxy) is 2. The van der Waals surface area contributed by atoms with Crippen molar-refractivity contribution in [3.05, 3.63) is 53.2 Å². The first-order chi connectivity index (χ1) is 12.4. The zero-order valence-corrected chi connectivity index (χ0v) is 14.9. The van der Waals surface area contributed by atoms with Gasteiger partial charge in [-0.15, -0.1) is 0 Å². The number of carbonyl (C=O) groups is 2. The molecule has 0 aliphatic carbocycles. The number of rotatable bonds is 6. The van der Waals surface area contributed by atoms with E-state index in [1.54, 1.807) is 18.2 Å². The fourth-order valence-electron chi connectivity index (χ4n) is 1.91. The van der Waals surface area contributed by atoms with Crippen LogP contribution in [-0.4, -0.2) is 35.2 Å². The molecule has 136 valence electrons. The summed E-state index contributed by atoms with van der Waals surface area (Å²) in [5, 5.41) is 12.5. The predicted octanol–water partition coefficient (Wildman–Crippen LogP) is 3.03. The average molecular weight is 377 g/mol. The van der Waals surface area contributed by atoms with Crippen molar-refractivity contribution in [3.8, 4) is 11.5 Å². The molecule has 26 heavy (non-hydrogen) atoms. The summed E-state index contributed by atoms with van der Waals surface area (Å²) in [5.74, 6) is -0.636. The van der Waals surface area contributed by atoms with E-state index in [4.69, 9.17) is 21.1 Å². The van der Waals surface area contributed by atoms with Crippen LogP contribution in [0.2, 0.25) is 5.02 Å². The van der Waals surface area contributed by atoms with Gasteiger partial charge in [0.1, 0.15) is 5.82 Å². The molecule has 2 rings (SSSR count). The Morgan fingerprint density at radius 2 is 2.08 bits per heavy atom. The summed E-state index contributed by atoms with van der Waals surface area (Å²) in [6, 6.07) is 7.72. The molecule has 0 fully saturated rings. The maximum Gasteiger partial charge on any atom is 0.331 e. The summed E-state index contributed by atoms with van der Waals surface area (Å²) in [5.41, 5.74) is 0.624. The Morgan fingerprint density at radius 1 is 1.31 bits per heavy atom. The van der Waals surface area contributed by atoms with Gasteiger partial charge in [-0.05, 0) is 42.8 Å². The molecule has 2 aromatic rings. The van der Waals surface area contributed by atoms with Gasteiger partial charge in [0.05, 0.1) is 12.1 Å². The van der Waals surface area contributed by atoms with Crippen LogP contribution in [0.5, 0.6) is 11.5 Å². The third kappa shape index (κ3) is 5.49. The Hall–Kier alpha value is -3.06. The van der Waals surface area contributed by atoms with E-state index in [1.807, 2.05) is 0 Å². The fraction of sp³-hybridized carbons (Fsp3) is 0.167. The molecule has 1 atom stereocenters. The molecule has 1 aromatic carbocycles. The van der Waals surface area contributed by atoms with Crippen LogP contribution < -0.4 is 10.1 Å². The van der Waals surface area contributed by atoms with Crippen molar-refractivity contribution < 1.29 is 24.2 Å². The monoisotopic (exact) mass is 376 g/mol. The van der Waals surface area contributed by atoms with Gasteiger partial charge in [0.25, 0.3) is 5.91 Å². The lowest BCUT2D eigenvalue weighted by Crippen LogP contribution is -2.29. The van der Waals surface area contributed by atoms with E-state index in [-0.39, 0.29) is 11.5 Å². The highest BCUT2D eigenvalue weighted by Crippen LogP contribution is 2.26. The van der Waals surface area contributed by atoms with Crippen LogP contribution >= 0.6 is 11.6 Å².